The van der Waals surface area contributed by atoms with Gasteiger partial charge in [-0.15, -0.1) is 11.3 Å². The van der Waals surface area contributed by atoms with E-state index in [1.807, 2.05) is 35.7 Å². The van der Waals surface area contributed by atoms with Gasteiger partial charge in [-0.3, -0.25) is 5.43 Å². The van der Waals surface area contributed by atoms with Gasteiger partial charge in [0.25, 0.3) is 0 Å². The first-order chi connectivity index (χ1) is 11.6. The van der Waals surface area contributed by atoms with Crippen LogP contribution in [0.1, 0.15) is 15.9 Å². The van der Waals surface area contributed by atoms with Gasteiger partial charge in [0.05, 0.1) is 17.5 Å². The lowest BCUT2D eigenvalue weighted by Crippen LogP contribution is -2.05. The predicted molar refractivity (Wildman–Crippen MR) is 92.1 cm³/mol. The van der Waals surface area contributed by atoms with E-state index in [0.29, 0.717) is 5.13 Å². The van der Waals surface area contributed by atoms with E-state index in [2.05, 4.69) is 15.5 Å². The van der Waals surface area contributed by atoms with Gasteiger partial charge in [0, 0.05) is 16.5 Å². The highest BCUT2D eigenvalue weighted by Crippen LogP contribution is 2.24. The van der Waals surface area contributed by atoms with Crippen LogP contribution < -0.4 is 5.43 Å². The van der Waals surface area contributed by atoms with Crippen LogP contribution in [0, 0.1) is 5.82 Å². The van der Waals surface area contributed by atoms with Crippen LogP contribution in [0.4, 0.5) is 9.52 Å². The quantitative estimate of drug-likeness (QED) is 0.541. The average molecular weight is 341 g/mol. The highest BCUT2D eigenvalue weighted by atomic mass is 32.1. The fourth-order valence-electron chi connectivity index (χ4n) is 2.07. The van der Waals surface area contributed by atoms with Crippen molar-refractivity contribution in [2.24, 2.45) is 5.10 Å². The molecular formula is C17H12FN3O2S. The standard InChI is InChI=1S/C17H12FN3O2S/c18-14-8-4-7-12(16(22)23)13(14)9-19-21-17-20-15(10-24-17)11-5-2-1-3-6-11/h1-10H,(H,20,21)(H,22,23). The van der Waals surface area contributed by atoms with Gasteiger partial charge in [-0.1, -0.05) is 36.4 Å². The van der Waals surface area contributed by atoms with E-state index in [4.69, 9.17) is 5.11 Å². The predicted octanol–water partition coefficient (Wildman–Crippen LogP) is 4.09. The van der Waals surface area contributed by atoms with Crippen LogP contribution in [0.3, 0.4) is 0 Å². The van der Waals surface area contributed by atoms with E-state index in [1.165, 1.54) is 29.5 Å². The van der Waals surface area contributed by atoms with Crippen molar-refractivity contribution in [2.75, 3.05) is 5.43 Å². The summed E-state index contributed by atoms with van der Waals surface area (Å²) in [6, 6.07) is 13.5. The van der Waals surface area contributed by atoms with Crippen LogP contribution in [-0.2, 0) is 0 Å². The number of hydrogen-bond donors (Lipinski definition) is 2. The first kappa shape index (κ1) is 15.8. The number of carboxylic acid groups (broad SMARTS) is 1. The van der Waals surface area contributed by atoms with Gasteiger partial charge < -0.3 is 5.11 Å². The number of benzene rings is 2. The van der Waals surface area contributed by atoms with Crippen molar-refractivity contribution in [3.8, 4) is 11.3 Å². The second-order valence-electron chi connectivity index (χ2n) is 4.78. The zero-order valence-corrected chi connectivity index (χ0v) is 13.1. The summed E-state index contributed by atoms with van der Waals surface area (Å²) in [5.74, 6) is -1.86. The molecule has 24 heavy (non-hydrogen) atoms. The molecule has 7 heteroatoms. The summed E-state index contributed by atoms with van der Waals surface area (Å²) in [7, 11) is 0. The van der Waals surface area contributed by atoms with E-state index < -0.39 is 11.8 Å². The molecule has 0 aliphatic carbocycles. The number of carbonyl (C=O) groups is 1. The Morgan fingerprint density at radius 1 is 1.21 bits per heavy atom. The molecule has 0 saturated heterocycles. The van der Waals surface area contributed by atoms with Crippen molar-refractivity contribution in [3.63, 3.8) is 0 Å². The van der Waals surface area contributed by atoms with E-state index in [-0.39, 0.29) is 11.1 Å². The van der Waals surface area contributed by atoms with E-state index in [1.54, 1.807) is 0 Å². The number of rotatable bonds is 5. The summed E-state index contributed by atoms with van der Waals surface area (Å²) < 4.78 is 13.8. The molecule has 0 spiro atoms. The number of hydrogen-bond acceptors (Lipinski definition) is 5. The van der Waals surface area contributed by atoms with Gasteiger partial charge in [-0.05, 0) is 12.1 Å². The number of nitrogens with one attached hydrogen (secondary N) is 1. The highest BCUT2D eigenvalue weighted by Gasteiger charge is 2.12. The number of hydrazone groups is 1. The van der Waals surface area contributed by atoms with E-state index >= 15 is 0 Å². The molecule has 0 saturated carbocycles. The van der Waals surface area contributed by atoms with Crippen LogP contribution in [0.25, 0.3) is 11.3 Å². The summed E-state index contributed by atoms with van der Waals surface area (Å²) in [6.07, 6.45) is 1.14. The van der Waals surface area contributed by atoms with Crippen molar-refractivity contribution in [1.29, 1.82) is 0 Å². The Morgan fingerprint density at radius 2 is 2.00 bits per heavy atom. The Hall–Kier alpha value is -3.06. The molecular weight excluding hydrogens is 329 g/mol. The summed E-state index contributed by atoms with van der Waals surface area (Å²) in [5, 5.41) is 15.4. The summed E-state index contributed by atoms with van der Waals surface area (Å²) >= 11 is 1.35. The van der Waals surface area contributed by atoms with Crippen molar-refractivity contribution in [3.05, 3.63) is 70.9 Å². The van der Waals surface area contributed by atoms with Gasteiger partial charge >= 0.3 is 5.97 Å². The summed E-state index contributed by atoms with van der Waals surface area (Å²) in [6.45, 7) is 0. The lowest BCUT2D eigenvalue weighted by atomic mass is 10.1. The fraction of sp³-hybridized carbons (Fsp3) is 0. The number of thiazole rings is 1. The zero-order valence-electron chi connectivity index (χ0n) is 12.3. The second kappa shape index (κ2) is 7.01. The number of carboxylic acids is 1. The Bertz CT molecular complexity index is 894. The van der Waals surface area contributed by atoms with Gasteiger partial charge in [-0.2, -0.15) is 5.10 Å². The minimum atomic E-state index is -1.21. The van der Waals surface area contributed by atoms with Crippen LogP contribution in [0.5, 0.6) is 0 Å². The molecule has 0 amide bonds. The molecule has 0 aliphatic heterocycles. The van der Waals surface area contributed by atoms with Crippen molar-refractivity contribution < 1.29 is 14.3 Å². The van der Waals surface area contributed by atoms with E-state index in [0.717, 1.165) is 17.5 Å². The van der Waals surface area contributed by atoms with Crippen LogP contribution in [0.2, 0.25) is 0 Å². The minimum Gasteiger partial charge on any atom is -0.478 e. The van der Waals surface area contributed by atoms with Crippen LogP contribution in [0.15, 0.2) is 59.0 Å². The lowest BCUT2D eigenvalue weighted by Gasteiger charge is -2.01. The third-order valence-electron chi connectivity index (χ3n) is 3.21. The van der Waals surface area contributed by atoms with Crippen LogP contribution >= 0.6 is 11.3 Å². The van der Waals surface area contributed by atoms with Gasteiger partial charge in [-0.25, -0.2) is 14.2 Å². The zero-order chi connectivity index (χ0) is 16.9. The number of halogens is 1. The van der Waals surface area contributed by atoms with Gasteiger partial charge in [0.15, 0.2) is 0 Å². The molecule has 3 rings (SSSR count). The number of aromatic carboxylic acids is 1. The maximum Gasteiger partial charge on any atom is 0.336 e. The molecule has 0 aliphatic rings. The highest BCUT2D eigenvalue weighted by molar-refractivity contribution is 7.14. The Balaban J connectivity index is 1.76. The molecule has 0 atom stereocenters. The first-order valence-corrected chi connectivity index (χ1v) is 7.85. The minimum absolute atomic E-state index is 0.0858. The SMILES string of the molecule is O=C(O)c1cccc(F)c1C=NNc1nc(-c2ccccc2)cs1. The number of aromatic nitrogens is 1. The maximum atomic E-state index is 13.8. The number of anilines is 1. The monoisotopic (exact) mass is 341 g/mol. The average Bonchev–Trinajstić information content (AvgIpc) is 3.06. The maximum absolute atomic E-state index is 13.8. The largest absolute Gasteiger partial charge is 0.478 e. The van der Waals surface area contributed by atoms with Crippen molar-refractivity contribution in [1.82, 2.24) is 4.98 Å². The van der Waals surface area contributed by atoms with Crippen molar-refractivity contribution >= 4 is 28.7 Å². The molecule has 5 nitrogen and oxygen atoms in total. The topological polar surface area (TPSA) is 74.6 Å². The molecule has 3 aromatic rings. The van der Waals surface area contributed by atoms with Crippen molar-refractivity contribution in [2.45, 2.75) is 0 Å². The third-order valence-corrected chi connectivity index (χ3v) is 3.96. The molecule has 0 radical (unpaired) electrons. The molecule has 0 fully saturated rings. The molecule has 1 aromatic heterocycles. The fourth-order valence-corrected chi connectivity index (χ4v) is 2.74. The smallest absolute Gasteiger partial charge is 0.336 e. The normalized spacial score (nSPS) is 10.9. The molecule has 1 heterocycles. The van der Waals surface area contributed by atoms with Gasteiger partial charge in [0.1, 0.15) is 5.82 Å². The molecule has 0 bridgehead atoms. The Labute approximate surface area is 141 Å². The van der Waals surface area contributed by atoms with Crippen LogP contribution in [-0.4, -0.2) is 22.3 Å². The third kappa shape index (κ3) is 3.47. The molecule has 2 N–H and O–H groups in total. The molecule has 2 aromatic carbocycles. The number of nitrogens with zero attached hydrogens (tertiary/aromatic N) is 2. The second-order valence-corrected chi connectivity index (χ2v) is 5.64. The Kier molecular flexibility index (Phi) is 4.62. The lowest BCUT2D eigenvalue weighted by molar-refractivity contribution is 0.0696. The molecule has 120 valence electrons. The molecule has 0 unspecified atom stereocenters. The summed E-state index contributed by atoms with van der Waals surface area (Å²) in [5.41, 5.74) is 4.24. The first-order valence-electron chi connectivity index (χ1n) is 6.97. The van der Waals surface area contributed by atoms with Gasteiger partial charge in [0.2, 0.25) is 5.13 Å². The summed E-state index contributed by atoms with van der Waals surface area (Å²) in [4.78, 5) is 15.5. The Morgan fingerprint density at radius 3 is 2.75 bits per heavy atom. The van der Waals surface area contributed by atoms with E-state index in [9.17, 15) is 9.18 Å².